The van der Waals surface area contributed by atoms with Gasteiger partial charge in [0.1, 0.15) is 0 Å². The molecular weight excluding hydrogens is 377 g/mol. The van der Waals surface area contributed by atoms with Crippen LogP contribution >= 0.6 is 33.9 Å². The highest BCUT2D eigenvalue weighted by Crippen LogP contribution is 2.59. The Labute approximate surface area is 128 Å². The smallest absolute Gasteiger partial charge is 0.307 e. The van der Waals surface area contributed by atoms with E-state index in [9.17, 15) is 9.59 Å². The first-order valence-electron chi connectivity index (χ1n) is 6.28. The van der Waals surface area contributed by atoms with E-state index in [1.54, 1.807) is 11.3 Å². The minimum absolute atomic E-state index is 0.00825. The minimum Gasteiger partial charge on any atom is -0.481 e. The first kappa shape index (κ1) is 13.4. The lowest BCUT2D eigenvalue weighted by atomic mass is 9.90. The molecule has 1 amide bonds. The fraction of sp³-hybridized carbons (Fsp3) is 0.538. The van der Waals surface area contributed by atoms with E-state index in [4.69, 9.17) is 5.11 Å². The van der Waals surface area contributed by atoms with Crippen LogP contribution in [0.15, 0.2) is 11.4 Å². The number of hydrogen-bond acceptors (Lipinski definition) is 3. The quantitative estimate of drug-likeness (QED) is 0.789. The van der Waals surface area contributed by atoms with Crippen molar-refractivity contribution < 1.29 is 14.7 Å². The van der Waals surface area contributed by atoms with Crippen molar-refractivity contribution in [3.05, 3.63) is 19.9 Å². The zero-order chi connectivity index (χ0) is 13.6. The molecule has 1 aromatic heterocycles. The number of amides is 1. The Balaban J connectivity index is 1.62. The summed E-state index contributed by atoms with van der Waals surface area (Å²) in [6, 6.07) is 1.91. The van der Waals surface area contributed by atoms with Crippen molar-refractivity contribution in [3.8, 4) is 0 Å². The molecule has 1 atom stereocenters. The average Bonchev–Trinajstić information content (AvgIpc) is 2.91. The van der Waals surface area contributed by atoms with Crippen LogP contribution in [-0.2, 0) is 4.79 Å². The summed E-state index contributed by atoms with van der Waals surface area (Å²) < 4.78 is 1.11. The fourth-order valence-corrected chi connectivity index (χ4v) is 4.33. The van der Waals surface area contributed by atoms with Gasteiger partial charge in [0, 0.05) is 18.5 Å². The topological polar surface area (TPSA) is 57.6 Å². The van der Waals surface area contributed by atoms with Crippen LogP contribution in [0.25, 0.3) is 0 Å². The molecule has 1 saturated heterocycles. The molecule has 4 nitrogen and oxygen atoms in total. The van der Waals surface area contributed by atoms with Gasteiger partial charge in [-0.05, 0) is 53.3 Å². The van der Waals surface area contributed by atoms with E-state index in [0.717, 1.165) is 27.7 Å². The van der Waals surface area contributed by atoms with E-state index < -0.39 is 5.97 Å². The molecule has 0 bridgehead atoms. The van der Waals surface area contributed by atoms with Crippen molar-refractivity contribution in [2.45, 2.75) is 19.3 Å². The van der Waals surface area contributed by atoms with Gasteiger partial charge in [-0.1, -0.05) is 0 Å². The summed E-state index contributed by atoms with van der Waals surface area (Å²) in [4.78, 5) is 25.1. The summed E-state index contributed by atoms with van der Waals surface area (Å²) in [5.74, 6) is -0.763. The second kappa shape index (κ2) is 4.73. The molecule has 2 heterocycles. The predicted molar refractivity (Wildman–Crippen MR) is 80.3 cm³/mol. The lowest BCUT2D eigenvalue weighted by Crippen LogP contribution is -2.39. The lowest BCUT2D eigenvalue weighted by molar-refractivity contribution is -0.139. The third-order valence-corrected chi connectivity index (χ3v) is 6.14. The van der Waals surface area contributed by atoms with Gasteiger partial charge in [0.05, 0.1) is 14.4 Å². The molecule has 1 aliphatic heterocycles. The van der Waals surface area contributed by atoms with Gasteiger partial charge in [0.15, 0.2) is 0 Å². The zero-order valence-corrected chi connectivity index (χ0v) is 13.2. The number of halogens is 1. The molecule has 6 heteroatoms. The number of carbonyl (C=O) groups is 2. The van der Waals surface area contributed by atoms with Crippen molar-refractivity contribution in [1.29, 1.82) is 0 Å². The highest BCUT2D eigenvalue weighted by atomic mass is 127. The molecule has 2 aliphatic rings. The van der Waals surface area contributed by atoms with Gasteiger partial charge in [0.2, 0.25) is 0 Å². The summed E-state index contributed by atoms with van der Waals surface area (Å²) in [6.07, 6.45) is 2.45. The summed E-state index contributed by atoms with van der Waals surface area (Å²) in [6.45, 7) is 1.38. The third kappa shape index (κ3) is 2.40. The Morgan fingerprint density at radius 3 is 2.58 bits per heavy atom. The maximum atomic E-state index is 12.3. The Kier molecular flexibility index (Phi) is 3.33. The van der Waals surface area contributed by atoms with Gasteiger partial charge in [0.25, 0.3) is 5.91 Å². The number of carboxylic acids is 1. The van der Waals surface area contributed by atoms with Crippen LogP contribution in [0.2, 0.25) is 0 Å². The summed E-state index contributed by atoms with van der Waals surface area (Å²) in [5, 5.41) is 10.9. The van der Waals surface area contributed by atoms with E-state index in [1.807, 2.05) is 16.3 Å². The number of aliphatic carboxylic acids is 1. The number of likely N-dealkylation sites (tertiary alicyclic amines) is 1. The maximum Gasteiger partial charge on any atom is 0.307 e. The number of carboxylic acid groups (broad SMARTS) is 1. The Hall–Kier alpha value is -0.630. The highest BCUT2D eigenvalue weighted by molar-refractivity contribution is 14.1. The van der Waals surface area contributed by atoms with E-state index >= 15 is 0 Å². The number of carbonyl (C=O) groups excluding carboxylic acids is 1. The first-order chi connectivity index (χ1) is 9.02. The van der Waals surface area contributed by atoms with Crippen LogP contribution in [0.4, 0.5) is 0 Å². The van der Waals surface area contributed by atoms with Gasteiger partial charge in [-0.25, -0.2) is 0 Å². The molecule has 102 valence electrons. The Morgan fingerprint density at radius 2 is 2.11 bits per heavy atom. The van der Waals surface area contributed by atoms with Crippen LogP contribution in [0.5, 0.6) is 0 Å². The molecule has 1 aromatic rings. The fourth-order valence-electron chi connectivity index (χ4n) is 3.01. The van der Waals surface area contributed by atoms with Crippen LogP contribution in [-0.4, -0.2) is 35.0 Å². The van der Waals surface area contributed by atoms with E-state index in [-0.39, 0.29) is 17.2 Å². The predicted octanol–water partition coefficient (Wildman–Crippen LogP) is 2.68. The highest BCUT2D eigenvalue weighted by Gasteiger charge is 2.59. The molecular formula is C13H14INO3S. The van der Waals surface area contributed by atoms with Crippen molar-refractivity contribution in [3.63, 3.8) is 0 Å². The number of hydrogen-bond donors (Lipinski definition) is 1. The first-order valence-corrected chi connectivity index (χ1v) is 8.24. The molecule has 1 spiro atoms. The summed E-state index contributed by atoms with van der Waals surface area (Å²) >= 11 is 3.79. The molecule has 0 aromatic carbocycles. The molecule has 19 heavy (non-hydrogen) atoms. The second-order valence-corrected chi connectivity index (χ2v) is 8.19. The maximum absolute atomic E-state index is 12.3. The minimum atomic E-state index is -0.674. The van der Waals surface area contributed by atoms with E-state index in [1.165, 1.54) is 0 Å². The standard InChI is InChI=1S/C13H14INO3S/c14-10-5-8(7-19-10)11(16)15-3-1-13(2-4-15)6-9(13)12(17)18/h5,7,9H,1-4,6H2,(H,17,18). The SMILES string of the molecule is O=C(O)C1CC12CCN(C(=O)c1csc(I)c1)CC2. The number of thiophene rings is 1. The molecule has 0 radical (unpaired) electrons. The number of piperidine rings is 1. The van der Waals surface area contributed by atoms with E-state index in [0.29, 0.717) is 13.1 Å². The van der Waals surface area contributed by atoms with Crippen molar-refractivity contribution in [2.75, 3.05) is 13.1 Å². The molecule has 1 N–H and O–H groups in total. The van der Waals surface area contributed by atoms with Crippen molar-refractivity contribution in [2.24, 2.45) is 11.3 Å². The average molecular weight is 391 g/mol. The largest absolute Gasteiger partial charge is 0.481 e. The zero-order valence-electron chi connectivity index (χ0n) is 10.3. The molecule has 1 unspecified atom stereocenters. The van der Waals surface area contributed by atoms with Crippen LogP contribution in [0.3, 0.4) is 0 Å². The summed E-state index contributed by atoms with van der Waals surface area (Å²) in [5.41, 5.74) is 0.752. The second-order valence-electron chi connectivity index (χ2n) is 5.39. The van der Waals surface area contributed by atoms with Crippen molar-refractivity contribution in [1.82, 2.24) is 4.90 Å². The monoisotopic (exact) mass is 391 g/mol. The number of nitrogens with zero attached hydrogens (tertiary/aromatic N) is 1. The summed E-state index contributed by atoms with van der Waals surface area (Å²) in [7, 11) is 0. The Morgan fingerprint density at radius 1 is 1.42 bits per heavy atom. The third-order valence-electron chi connectivity index (χ3n) is 4.35. The number of rotatable bonds is 2. The van der Waals surface area contributed by atoms with Gasteiger partial charge in [-0.2, -0.15) is 0 Å². The Bertz CT molecular complexity index is 534. The van der Waals surface area contributed by atoms with Gasteiger partial charge >= 0.3 is 5.97 Å². The molecule has 1 aliphatic carbocycles. The molecule has 2 fully saturated rings. The van der Waals surface area contributed by atoms with Crippen LogP contribution in [0.1, 0.15) is 29.6 Å². The van der Waals surface area contributed by atoms with Gasteiger partial charge in [-0.15, -0.1) is 11.3 Å². The lowest BCUT2D eigenvalue weighted by Gasteiger charge is -2.32. The molecule has 3 rings (SSSR count). The van der Waals surface area contributed by atoms with Crippen molar-refractivity contribution >= 4 is 45.8 Å². The molecule has 1 saturated carbocycles. The van der Waals surface area contributed by atoms with Crippen LogP contribution < -0.4 is 0 Å². The van der Waals surface area contributed by atoms with Crippen LogP contribution in [0, 0.1) is 14.2 Å². The van der Waals surface area contributed by atoms with E-state index in [2.05, 4.69) is 22.6 Å². The normalized spacial score (nSPS) is 24.5. The van der Waals surface area contributed by atoms with Gasteiger partial charge in [-0.3, -0.25) is 9.59 Å². The van der Waals surface area contributed by atoms with Gasteiger partial charge < -0.3 is 10.0 Å².